The Morgan fingerprint density at radius 1 is 1.21 bits per heavy atom. The van der Waals surface area contributed by atoms with E-state index in [1.54, 1.807) is 16.8 Å². The van der Waals surface area contributed by atoms with Crippen LogP contribution in [-0.4, -0.2) is 38.0 Å². The normalized spacial score (nSPS) is 18.8. The van der Waals surface area contributed by atoms with Crippen molar-refractivity contribution in [1.29, 1.82) is 0 Å². The molecule has 1 fully saturated rings. The van der Waals surface area contributed by atoms with Crippen molar-refractivity contribution in [2.24, 2.45) is 0 Å². The molecule has 0 bridgehead atoms. The second-order valence-corrected chi connectivity index (χ2v) is 6.38. The molecule has 1 N–H and O–H groups in total. The lowest BCUT2D eigenvalue weighted by atomic mass is 9.93. The molecular formula is C18H20FN5. The minimum absolute atomic E-state index is 0.232. The number of hydrogen-bond donors (Lipinski definition) is 1. The van der Waals surface area contributed by atoms with Crippen molar-refractivity contribution in [2.45, 2.75) is 25.3 Å². The van der Waals surface area contributed by atoms with Gasteiger partial charge in [-0.25, -0.2) is 9.07 Å². The second-order valence-electron chi connectivity index (χ2n) is 6.38. The molecule has 1 saturated heterocycles. The highest BCUT2D eigenvalue weighted by atomic mass is 19.1. The summed E-state index contributed by atoms with van der Waals surface area (Å²) >= 11 is 0. The molecule has 6 heteroatoms. The maximum Gasteiger partial charge on any atom is 0.123 e. The fraction of sp³-hybridized carbons (Fsp3) is 0.333. The first-order valence-electron chi connectivity index (χ1n) is 8.28. The molecule has 1 atom stereocenters. The summed E-state index contributed by atoms with van der Waals surface area (Å²) in [5.74, 6) is 0.314. The zero-order chi connectivity index (χ0) is 16.4. The first-order valence-corrected chi connectivity index (χ1v) is 8.28. The van der Waals surface area contributed by atoms with E-state index in [0.717, 1.165) is 25.3 Å². The summed E-state index contributed by atoms with van der Waals surface area (Å²) in [6.45, 7) is 3.03. The number of aromatic nitrogens is 4. The van der Waals surface area contributed by atoms with Gasteiger partial charge in [0.25, 0.3) is 0 Å². The van der Waals surface area contributed by atoms with Crippen LogP contribution in [0.5, 0.6) is 0 Å². The predicted octanol–water partition coefficient (Wildman–Crippen LogP) is 3.11. The van der Waals surface area contributed by atoms with Gasteiger partial charge in [0.15, 0.2) is 0 Å². The molecule has 3 heterocycles. The lowest BCUT2D eigenvalue weighted by molar-refractivity contribution is 0.200. The Balaban J connectivity index is 1.43. The molecule has 124 valence electrons. The molecule has 2 aromatic heterocycles. The smallest absolute Gasteiger partial charge is 0.123 e. The first-order chi connectivity index (χ1) is 11.8. The molecule has 4 rings (SSSR count). The van der Waals surface area contributed by atoms with Gasteiger partial charge in [-0.05, 0) is 55.1 Å². The predicted molar refractivity (Wildman–Crippen MR) is 89.4 cm³/mol. The number of hydrogen-bond acceptors (Lipinski definition) is 3. The summed E-state index contributed by atoms with van der Waals surface area (Å²) in [5, 5.41) is 11.4. The molecule has 0 amide bonds. The third-order valence-corrected chi connectivity index (χ3v) is 4.63. The molecule has 0 saturated carbocycles. The molecule has 0 spiro atoms. The van der Waals surface area contributed by atoms with Crippen LogP contribution < -0.4 is 0 Å². The molecule has 1 aliphatic heterocycles. The summed E-state index contributed by atoms with van der Waals surface area (Å²) in [6, 6.07) is 6.39. The largest absolute Gasteiger partial charge is 0.298 e. The van der Waals surface area contributed by atoms with Crippen molar-refractivity contribution in [3.05, 3.63) is 66.0 Å². The average Bonchev–Trinajstić information content (AvgIpc) is 3.28. The van der Waals surface area contributed by atoms with E-state index in [1.165, 1.54) is 36.1 Å². The van der Waals surface area contributed by atoms with E-state index in [9.17, 15) is 4.39 Å². The number of H-pyrrole nitrogens is 1. The van der Waals surface area contributed by atoms with Crippen LogP contribution >= 0.6 is 0 Å². The molecule has 5 nitrogen and oxygen atoms in total. The van der Waals surface area contributed by atoms with Gasteiger partial charge in [-0.1, -0.05) is 0 Å². The summed E-state index contributed by atoms with van der Waals surface area (Å²) in [5.41, 5.74) is 3.34. The van der Waals surface area contributed by atoms with Crippen molar-refractivity contribution in [1.82, 2.24) is 24.9 Å². The fourth-order valence-corrected chi connectivity index (χ4v) is 3.39. The quantitative estimate of drug-likeness (QED) is 0.802. The van der Waals surface area contributed by atoms with Crippen LogP contribution in [0.25, 0.3) is 5.69 Å². The first kappa shape index (κ1) is 15.1. The highest BCUT2D eigenvalue weighted by Crippen LogP contribution is 2.27. The van der Waals surface area contributed by atoms with Gasteiger partial charge in [0.2, 0.25) is 0 Å². The monoisotopic (exact) mass is 325 g/mol. The maximum absolute atomic E-state index is 13.0. The van der Waals surface area contributed by atoms with Crippen LogP contribution in [0.1, 0.15) is 29.9 Å². The molecule has 1 unspecified atom stereocenters. The van der Waals surface area contributed by atoms with Crippen LogP contribution in [0, 0.1) is 5.82 Å². The van der Waals surface area contributed by atoms with E-state index < -0.39 is 0 Å². The third-order valence-electron chi connectivity index (χ3n) is 4.63. The standard InChI is InChI=1S/C18H20FN5/c19-17-3-5-18(6-4-17)24-12-14(8-22-24)11-23-7-1-2-15(13-23)16-9-20-21-10-16/h3-6,8-10,12,15H,1-2,7,11,13H2,(H,20,21). The summed E-state index contributed by atoms with van der Waals surface area (Å²) < 4.78 is 14.8. The minimum Gasteiger partial charge on any atom is -0.298 e. The fourth-order valence-electron chi connectivity index (χ4n) is 3.39. The van der Waals surface area contributed by atoms with Gasteiger partial charge in [-0.15, -0.1) is 0 Å². The van der Waals surface area contributed by atoms with Gasteiger partial charge >= 0.3 is 0 Å². The summed E-state index contributed by atoms with van der Waals surface area (Å²) in [7, 11) is 0. The molecule has 0 aliphatic carbocycles. The van der Waals surface area contributed by atoms with Crippen molar-refractivity contribution in [3.63, 3.8) is 0 Å². The van der Waals surface area contributed by atoms with Gasteiger partial charge in [0, 0.05) is 31.0 Å². The number of nitrogens with zero attached hydrogens (tertiary/aromatic N) is 4. The van der Waals surface area contributed by atoms with E-state index in [-0.39, 0.29) is 5.82 Å². The average molecular weight is 325 g/mol. The zero-order valence-corrected chi connectivity index (χ0v) is 13.4. The van der Waals surface area contributed by atoms with Crippen molar-refractivity contribution in [3.8, 4) is 5.69 Å². The topological polar surface area (TPSA) is 49.7 Å². The van der Waals surface area contributed by atoms with Crippen molar-refractivity contribution in [2.75, 3.05) is 13.1 Å². The van der Waals surface area contributed by atoms with E-state index in [1.807, 2.05) is 24.8 Å². The Hall–Kier alpha value is -2.47. The molecule has 3 aromatic rings. The van der Waals surface area contributed by atoms with Gasteiger partial charge in [-0.2, -0.15) is 10.2 Å². The number of rotatable bonds is 4. The van der Waals surface area contributed by atoms with Crippen LogP contribution in [0.15, 0.2) is 49.1 Å². The van der Waals surface area contributed by atoms with Crippen LogP contribution in [0.2, 0.25) is 0 Å². The van der Waals surface area contributed by atoms with Gasteiger partial charge in [0.1, 0.15) is 5.82 Å². The SMILES string of the molecule is Fc1ccc(-n2cc(CN3CCCC(c4cn[nH]c4)C3)cn2)cc1. The van der Waals surface area contributed by atoms with E-state index in [2.05, 4.69) is 20.2 Å². The third kappa shape index (κ3) is 3.23. The Bertz CT molecular complexity index is 778. The number of piperidine rings is 1. The van der Waals surface area contributed by atoms with E-state index in [0.29, 0.717) is 5.92 Å². The highest BCUT2D eigenvalue weighted by Gasteiger charge is 2.22. The van der Waals surface area contributed by atoms with Crippen LogP contribution in [0.3, 0.4) is 0 Å². The number of benzene rings is 1. The molecule has 24 heavy (non-hydrogen) atoms. The van der Waals surface area contributed by atoms with Crippen molar-refractivity contribution < 1.29 is 4.39 Å². The Kier molecular flexibility index (Phi) is 4.13. The van der Waals surface area contributed by atoms with Crippen molar-refractivity contribution >= 4 is 0 Å². The van der Waals surface area contributed by atoms with Crippen LogP contribution in [-0.2, 0) is 6.54 Å². The number of halogens is 1. The molecule has 0 radical (unpaired) electrons. The lowest BCUT2D eigenvalue weighted by Crippen LogP contribution is -2.33. The Morgan fingerprint density at radius 2 is 2.08 bits per heavy atom. The molecule has 1 aromatic carbocycles. The number of aromatic amines is 1. The number of nitrogens with one attached hydrogen (secondary N) is 1. The molecular weight excluding hydrogens is 305 g/mol. The Morgan fingerprint density at radius 3 is 2.88 bits per heavy atom. The summed E-state index contributed by atoms with van der Waals surface area (Å²) in [6.07, 6.45) is 10.3. The zero-order valence-electron chi connectivity index (χ0n) is 13.4. The highest BCUT2D eigenvalue weighted by molar-refractivity contribution is 5.31. The van der Waals surface area contributed by atoms with Gasteiger partial charge in [0.05, 0.1) is 18.1 Å². The number of likely N-dealkylation sites (tertiary alicyclic amines) is 1. The van der Waals surface area contributed by atoms with E-state index >= 15 is 0 Å². The van der Waals surface area contributed by atoms with Gasteiger partial charge < -0.3 is 0 Å². The van der Waals surface area contributed by atoms with Crippen LogP contribution in [0.4, 0.5) is 4.39 Å². The van der Waals surface area contributed by atoms with E-state index in [4.69, 9.17) is 0 Å². The minimum atomic E-state index is -0.232. The van der Waals surface area contributed by atoms with Gasteiger partial charge in [-0.3, -0.25) is 10.00 Å². The molecule has 1 aliphatic rings. The summed E-state index contributed by atoms with van der Waals surface area (Å²) in [4.78, 5) is 2.47. The second kappa shape index (κ2) is 6.57. The lowest BCUT2D eigenvalue weighted by Gasteiger charge is -2.31. The maximum atomic E-state index is 13.0. The Labute approximate surface area is 140 Å².